The van der Waals surface area contributed by atoms with Gasteiger partial charge in [-0.25, -0.2) is 4.79 Å². The lowest BCUT2D eigenvalue weighted by Gasteiger charge is -2.33. The fourth-order valence-corrected chi connectivity index (χ4v) is 2.68. The molecule has 1 fully saturated rings. The summed E-state index contributed by atoms with van der Waals surface area (Å²) in [6.45, 7) is 9.22. The summed E-state index contributed by atoms with van der Waals surface area (Å²) in [5.41, 5.74) is 0.781. The number of carbonyl (C=O) groups is 1. The van der Waals surface area contributed by atoms with Gasteiger partial charge in [-0.15, -0.1) is 0 Å². The Morgan fingerprint density at radius 1 is 1.40 bits per heavy atom. The summed E-state index contributed by atoms with van der Waals surface area (Å²) in [4.78, 5) is 13.8. The van der Waals surface area contributed by atoms with Crippen molar-refractivity contribution in [2.45, 2.75) is 52.2 Å². The van der Waals surface area contributed by atoms with Gasteiger partial charge in [0.25, 0.3) is 0 Å². The van der Waals surface area contributed by atoms with Crippen molar-refractivity contribution in [1.29, 1.82) is 0 Å². The number of rotatable bonds is 1. The quantitative estimate of drug-likeness (QED) is 0.690. The highest BCUT2D eigenvalue weighted by atomic mass is 127. The summed E-state index contributed by atoms with van der Waals surface area (Å²) in [5.74, 6) is 0. The molecule has 5 nitrogen and oxygen atoms in total. The SMILES string of the molecule is Cc1cn(C2CCN(C(=O)OC(C)(C)C)CC2)nc1I. The van der Waals surface area contributed by atoms with Crippen LogP contribution in [0.15, 0.2) is 6.20 Å². The summed E-state index contributed by atoms with van der Waals surface area (Å²) in [7, 11) is 0. The summed E-state index contributed by atoms with van der Waals surface area (Å²) < 4.78 is 8.50. The molecule has 0 unspecified atom stereocenters. The van der Waals surface area contributed by atoms with Gasteiger partial charge in [0.2, 0.25) is 0 Å². The maximum absolute atomic E-state index is 12.0. The molecule has 1 aromatic heterocycles. The number of carbonyl (C=O) groups excluding carboxylic acids is 1. The van der Waals surface area contributed by atoms with Crippen LogP contribution >= 0.6 is 22.6 Å². The van der Waals surface area contributed by atoms with E-state index in [2.05, 4.69) is 40.8 Å². The molecule has 2 heterocycles. The van der Waals surface area contributed by atoms with E-state index >= 15 is 0 Å². The summed E-state index contributed by atoms with van der Waals surface area (Å²) in [6, 6.07) is 0.385. The molecular formula is C14H22IN3O2. The smallest absolute Gasteiger partial charge is 0.410 e. The van der Waals surface area contributed by atoms with Crippen LogP contribution in [-0.4, -0.2) is 39.5 Å². The normalized spacial score (nSPS) is 17.4. The molecule has 0 atom stereocenters. The largest absolute Gasteiger partial charge is 0.444 e. The van der Waals surface area contributed by atoms with E-state index in [9.17, 15) is 4.79 Å². The van der Waals surface area contributed by atoms with Crippen LogP contribution in [0.4, 0.5) is 4.79 Å². The van der Waals surface area contributed by atoms with E-state index in [1.165, 1.54) is 5.56 Å². The number of nitrogens with zero attached hydrogens (tertiary/aromatic N) is 3. The molecule has 0 N–H and O–H groups in total. The number of halogens is 1. The fraction of sp³-hybridized carbons (Fsp3) is 0.714. The Bertz CT molecular complexity index is 466. The molecule has 6 heteroatoms. The van der Waals surface area contributed by atoms with E-state index in [0.717, 1.165) is 29.6 Å². The van der Waals surface area contributed by atoms with Crippen molar-refractivity contribution >= 4 is 28.7 Å². The third-order valence-electron chi connectivity index (χ3n) is 3.34. The maximum Gasteiger partial charge on any atom is 0.410 e. The fourth-order valence-electron chi connectivity index (χ4n) is 2.29. The van der Waals surface area contributed by atoms with E-state index in [1.807, 2.05) is 25.5 Å². The summed E-state index contributed by atoms with van der Waals surface area (Å²) in [6.07, 6.45) is 3.74. The molecule has 0 saturated carbocycles. The van der Waals surface area contributed by atoms with Crippen LogP contribution in [0, 0.1) is 10.6 Å². The van der Waals surface area contributed by atoms with Gasteiger partial charge in [0.1, 0.15) is 9.30 Å². The van der Waals surface area contributed by atoms with E-state index in [4.69, 9.17) is 4.74 Å². The molecule has 0 bridgehead atoms. The molecule has 1 aliphatic heterocycles. The van der Waals surface area contributed by atoms with Gasteiger partial charge in [-0.05, 0) is 63.1 Å². The molecular weight excluding hydrogens is 369 g/mol. The molecule has 112 valence electrons. The minimum absolute atomic E-state index is 0.206. The number of piperidine rings is 1. The predicted octanol–water partition coefficient (Wildman–Crippen LogP) is 3.37. The minimum atomic E-state index is -0.427. The second kappa shape index (κ2) is 5.91. The zero-order valence-corrected chi connectivity index (χ0v) is 14.7. The average molecular weight is 391 g/mol. The molecule has 20 heavy (non-hydrogen) atoms. The van der Waals surface area contributed by atoms with Crippen LogP contribution in [0.2, 0.25) is 0 Å². The second-order valence-corrected chi connectivity index (χ2v) is 7.30. The van der Waals surface area contributed by atoms with Crippen molar-refractivity contribution in [1.82, 2.24) is 14.7 Å². The van der Waals surface area contributed by atoms with Gasteiger partial charge in [0.15, 0.2) is 0 Å². The molecule has 0 aromatic carbocycles. The summed E-state index contributed by atoms with van der Waals surface area (Å²) >= 11 is 2.25. The molecule has 1 saturated heterocycles. The Kier molecular flexibility index (Phi) is 4.61. The molecule has 0 spiro atoms. The van der Waals surface area contributed by atoms with Crippen molar-refractivity contribution in [3.05, 3.63) is 15.5 Å². The van der Waals surface area contributed by atoms with Crippen molar-refractivity contribution < 1.29 is 9.53 Å². The maximum atomic E-state index is 12.0. The van der Waals surface area contributed by atoms with Crippen LogP contribution in [-0.2, 0) is 4.74 Å². The van der Waals surface area contributed by atoms with Crippen LogP contribution in [0.1, 0.15) is 45.2 Å². The molecule has 1 aromatic rings. The Hall–Kier alpha value is -0.790. The standard InChI is InChI=1S/C14H22IN3O2/c1-10-9-18(16-12(10)15)11-5-7-17(8-6-11)13(19)20-14(2,3)4/h9,11H,5-8H2,1-4H3. The number of likely N-dealkylation sites (tertiary alicyclic amines) is 1. The molecule has 0 aliphatic carbocycles. The van der Waals surface area contributed by atoms with E-state index in [0.29, 0.717) is 6.04 Å². The highest BCUT2D eigenvalue weighted by molar-refractivity contribution is 14.1. The third kappa shape index (κ3) is 3.86. The number of aryl methyl sites for hydroxylation is 1. The highest BCUT2D eigenvalue weighted by Gasteiger charge is 2.27. The number of hydrogen-bond acceptors (Lipinski definition) is 3. The summed E-state index contributed by atoms with van der Waals surface area (Å²) in [5, 5.41) is 4.53. The predicted molar refractivity (Wildman–Crippen MR) is 85.8 cm³/mol. The van der Waals surface area contributed by atoms with E-state index in [1.54, 1.807) is 4.90 Å². The first kappa shape index (κ1) is 15.6. The van der Waals surface area contributed by atoms with Crippen molar-refractivity contribution in [2.75, 3.05) is 13.1 Å². The first-order valence-corrected chi connectivity index (χ1v) is 8.03. The molecule has 1 aliphatic rings. The van der Waals surface area contributed by atoms with E-state index in [-0.39, 0.29) is 6.09 Å². The first-order valence-electron chi connectivity index (χ1n) is 6.95. The van der Waals surface area contributed by atoms with E-state index < -0.39 is 5.60 Å². The topological polar surface area (TPSA) is 47.4 Å². The Balaban J connectivity index is 1.91. The number of amides is 1. The lowest BCUT2D eigenvalue weighted by Crippen LogP contribution is -2.42. The van der Waals surface area contributed by atoms with Gasteiger partial charge in [-0.2, -0.15) is 5.10 Å². The van der Waals surface area contributed by atoms with Crippen molar-refractivity contribution in [3.8, 4) is 0 Å². The zero-order valence-electron chi connectivity index (χ0n) is 12.5. The van der Waals surface area contributed by atoms with Crippen molar-refractivity contribution in [2.24, 2.45) is 0 Å². The number of ether oxygens (including phenoxy) is 1. The van der Waals surface area contributed by atoms with Crippen molar-refractivity contribution in [3.63, 3.8) is 0 Å². The second-order valence-electron chi connectivity index (χ2n) is 6.28. The van der Waals surface area contributed by atoms with Gasteiger partial charge >= 0.3 is 6.09 Å². The highest BCUT2D eigenvalue weighted by Crippen LogP contribution is 2.24. The lowest BCUT2D eigenvalue weighted by atomic mass is 10.1. The van der Waals surface area contributed by atoms with Crippen LogP contribution in [0.3, 0.4) is 0 Å². The Morgan fingerprint density at radius 3 is 2.45 bits per heavy atom. The minimum Gasteiger partial charge on any atom is -0.444 e. The monoisotopic (exact) mass is 391 g/mol. The molecule has 0 radical (unpaired) electrons. The average Bonchev–Trinajstić information content (AvgIpc) is 2.68. The molecule has 2 rings (SSSR count). The van der Waals surface area contributed by atoms with Gasteiger partial charge in [0.05, 0.1) is 6.04 Å². The zero-order chi connectivity index (χ0) is 14.9. The van der Waals surface area contributed by atoms with Crippen LogP contribution in [0.5, 0.6) is 0 Å². The Morgan fingerprint density at radius 2 is 2.00 bits per heavy atom. The van der Waals surface area contributed by atoms with Gasteiger partial charge < -0.3 is 9.64 Å². The van der Waals surface area contributed by atoms with Crippen LogP contribution < -0.4 is 0 Å². The van der Waals surface area contributed by atoms with Gasteiger partial charge in [-0.3, -0.25) is 4.68 Å². The number of aromatic nitrogens is 2. The third-order valence-corrected chi connectivity index (χ3v) is 4.41. The van der Waals surface area contributed by atoms with Crippen LogP contribution in [0.25, 0.3) is 0 Å². The molecule has 1 amide bonds. The number of hydrogen-bond donors (Lipinski definition) is 0. The van der Waals surface area contributed by atoms with Gasteiger partial charge in [0, 0.05) is 24.8 Å². The van der Waals surface area contributed by atoms with Gasteiger partial charge in [-0.1, -0.05) is 0 Å². The first-order chi connectivity index (χ1) is 9.26. The Labute approximate surface area is 133 Å². The lowest BCUT2D eigenvalue weighted by molar-refractivity contribution is 0.0184.